The van der Waals surface area contributed by atoms with Gasteiger partial charge in [0.1, 0.15) is 11.9 Å². The van der Waals surface area contributed by atoms with Crippen molar-refractivity contribution in [2.24, 2.45) is 5.92 Å². The Balaban J connectivity index is 2.29. The van der Waals surface area contributed by atoms with Gasteiger partial charge in [-0.2, -0.15) is 0 Å². The Morgan fingerprint density at radius 1 is 1.45 bits per heavy atom. The van der Waals surface area contributed by atoms with Crippen LogP contribution in [0.3, 0.4) is 0 Å². The lowest BCUT2D eigenvalue weighted by Crippen LogP contribution is -2.24. The maximum absolute atomic E-state index is 12.0. The number of cyclic esters (lactones) is 1. The third kappa shape index (κ3) is 2.45. The Kier molecular flexibility index (Phi) is 3.90. The predicted octanol–water partition coefficient (Wildman–Crippen LogP) is 1.10. The molecule has 1 heterocycles. The second kappa shape index (κ2) is 5.32. The van der Waals surface area contributed by atoms with Crippen LogP contribution in [-0.4, -0.2) is 34.9 Å². The van der Waals surface area contributed by atoms with E-state index in [9.17, 15) is 19.5 Å². The van der Waals surface area contributed by atoms with Gasteiger partial charge in [0.2, 0.25) is 0 Å². The number of carbonyl (C=O) groups excluding carboxylic acids is 3. The molecule has 2 rings (SSSR count). The van der Waals surface area contributed by atoms with Crippen LogP contribution in [-0.2, 0) is 19.1 Å². The van der Waals surface area contributed by atoms with Gasteiger partial charge in [-0.3, -0.25) is 4.79 Å². The number of carbonyl (C=O) groups is 3. The van der Waals surface area contributed by atoms with Crippen LogP contribution >= 0.6 is 0 Å². The fraction of sp³-hybridized carbons (Fsp3) is 0.533. The Bertz CT molecular complexity index is 528. The zero-order valence-electron chi connectivity index (χ0n) is 11.6. The normalized spacial score (nSPS) is 30.1. The number of Topliss-reactive ketones (excluding diaryl/α,β-unsaturated/α-hetero) is 2. The highest BCUT2D eigenvalue weighted by atomic mass is 16.6. The van der Waals surface area contributed by atoms with Crippen molar-refractivity contribution in [3.05, 3.63) is 23.3 Å². The van der Waals surface area contributed by atoms with Crippen LogP contribution in [0.4, 0.5) is 0 Å². The first-order valence-corrected chi connectivity index (χ1v) is 6.64. The maximum Gasteiger partial charge on any atom is 0.334 e. The van der Waals surface area contributed by atoms with Crippen LogP contribution in [0.1, 0.15) is 33.1 Å². The Morgan fingerprint density at radius 3 is 2.60 bits per heavy atom. The molecule has 0 bridgehead atoms. The van der Waals surface area contributed by atoms with Gasteiger partial charge >= 0.3 is 5.97 Å². The van der Waals surface area contributed by atoms with Gasteiger partial charge in [-0.25, -0.2) is 4.79 Å². The SMILES string of the molecule is C=C1C(=O)O[C@H](C2=C(C)[C@@H](O)CC2=O)[C@@H]1CCC(C)=O. The molecule has 0 saturated carbocycles. The maximum atomic E-state index is 12.0. The lowest BCUT2D eigenvalue weighted by atomic mass is 9.86. The van der Waals surface area contributed by atoms with Gasteiger partial charge in [-0.15, -0.1) is 0 Å². The van der Waals surface area contributed by atoms with Crippen LogP contribution < -0.4 is 0 Å². The molecule has 0 spiro atoms. The Morgan fingerprint density at radius 2 is 2.10 bits per heavy atom. The summed E-state index contributed by atoms with van der Waals surface area (Å²) in [7, 11) is 0. The largest absolute Gasteiger partial charge is 0.453 e. The molecule has 0 aromatic heterocycles. The van der Waals surface area contributed by atoms with Gasteiger partial charge in [0.25, 0.3) is 0 Å². The summed E-state index contributed by atoms with van der Waals surface area (Å²) in [5, 5.41) is 9.74. The van der Waals surface area contributed by atoms with Crippen molar-refractivity contribution in [2.75, 3.05) is 0 Å². The standard InChI is InChI=1S/C15H18O5/c1-7(16)4-5-10-8(2)15(19)20-14(10)13-9(3)11(17)6-12(13)18/h10-11,14,17H,2,4-6H2,1,3H3/t10-,11+,14+/m1/s1. The number of hydrogen-bond acceptors (Lipinski definition) is 5. The topological polar surface area (TPSA) is 80.7 Å². The van der Waals surface area contributed by atoms with E-state index in [0.29, 0.717) is 29.6 Å². The lowest BCUT2D eigenvalue weighted by molar-refractivity contribution is -0.138. The van der Waals surface area contributed by atoms with Crippen LogP contribution in [0.5, 0.6) is 0 Å². The smallest absolute Gasteiger partial charge is 0.334 e. The molecule has 0 radical (unpaired) electrons. The molecule has 3 atom stereocenters. The molecule has 0 amide bonds. The Hall–Kier alpha value is -1.75. The molecule has 20 heavy (non-hydrogen) atoms. The summed E-state index contributed by atoms with van der Waals surface area (Å²) < 4.78 is 5.25. The summed E-state index contributed by atoms with van der Waals surface area (Å²) in [4.78, 5) is 34.8. The van der Waals surface area contributed by atoms with Gasteiger partial charge in [0.05, 0.1) is 6.10 Å². The molecule has 5 heteroatoms. The van der Waals surface area contributed by atoms with Gasteiger partial charge in [-0.05, 0) is 25.8 Å². The first-order chi connectivity index (χ1) is 9.32. The molecule has 5 nitrogen and oxygen atoms in total. The molecule has 1 fully saturated rings. The summed E-state index contributed by atoms with van der Waals surface area (Å²) in [6.07, 6.45) is -0.760. The average Bonchev–Trinajstić information content (AvgIpc) is 2.76. The molecule has 0 unspecified atom stereocenters. The van der Waals surface area contributed by atoms with E-state index in [1.807, 2.05) is 0 Å². The summed E-state index contributed by atoms with van der Waals surface area (Å²) in [5.74, 6) is -1.08. The third-order valence-corrected chi connectivity index (χ3v) is 4.00. The van der Waals surface area contributed by atoms with Crippen molar-refractivity contribution in [3.63, 3.8) is 0 Å². The first-order valence-electron chi connectivity index (χ1n) is 6.64. The Labute approximate surface area is 117 Å². The number of ketones is 2. The lowest BCUT2D eigenvalue weighted by Gasteiger charge is -2.18. The van der Waals surface area contributed by atoms with Crippen LogP contribution in [0, 0.1) is 5.92 Å². The molecule has 1 aliphatic carbocycles. The molecular weight excluding hydrogens is 260 g/mol. The zero-order valence-corrected chi connectivity index (χ0v) is 11.6. The third-order valence-electron chi connectivity index (χ3n) is 4.00. The zero-order chi connectivity index (χ0) is 15.0. The highest BCUT2D eigenvalue weighted by Gasteiger charge is 2.45. The molecule has 1 N–H and O–H groups in total. The summed E-state index contributed by atoms with van der Waals surface area (Å²) in [6.45, 7) is 6.85. The van der Waals surface area contributed by atoms with Crippen molar-refractivity contribution in [3.8, 4) is 0 Å². The van der Waals surface area contributed by atoms with E-state index < -0.39 is 18.2 Å². The number of rotatable bonds is 4. The quantitative estimate of drug-likeness (QED) is 0.615. The summed E-state index contributed by atoms with van der Waals surface area (Å²) in [5.41, 5.74) is 1.22. The minimum Gasteiger partial charge on any atom is -0.453 e. The van der Waals surface area contributed by atoms with Crippen molar-refractivity contribution >= 4 is 17.5 Å². The monoisotopic (exact) mass is 278 g/mol. The molecule has 108 valence electrons. The minimum atomic E-state index is -0.807. The number of esters is 1. The van der Waals surface area contributed by atoms with E-state index >= 15 is 0 Å². The highest BCUT2D eigenvalue weighted by molar-refractivity contribution is 6.02. The second-order valence-electron chi connectivity index (χ2n) is 5.44. The molecule has 0 aromatic rings. The number of aliphatic hydroxyl groups is 1. The van der Waals surface area contributed by atoms with Crippen LogP contribution in [0.15, 0.2) is 23.3 Å². The fourth-order valence-electron chi connectivity index (χ4n) is 2.77. The molecule has 1 aliphatic heterocycles. The van der Waals surface area contributed by atoms with E-state index in [1.54, 1.807) is 6.92 Å². The second-order valence-corrected chi connectivity index (χ2v) is 5.44. The van der Waals surface area contributed by atoms with Gasteiger partial charge in [-0.1, -0.05) is 6.58 Å². The van der Waals surface area contributed by atoms with Gasteiger partial charge in [0, 0.05) is 29.9 Å². The van der Waals surface area contributed by atoms with E-state index in [4.69, 9.17) is 4.74 Å². The highest BCUT2D eigenvalue weighted by Crippen LogP contribution is 2.39. The van der Waals surface area contributed by atoms with Gasteiger partial charge in [0.15, 0.2) is 5.78 Å². The number of aliphatic hydroxyl groups excluding tert-OH is 1. The van der Waals surface area contributed by atoms with E-state index in [1.165, 1.54) is 6.92 Å². The van der Waals surface area contributed by atoms with E-state index in [0.717, 1.165) is 0 Å². The van der Waals surface area contributed by atoms with Crippen molar-refractivity contribution in [1.82, 2.24) is 0 Å². The van der Waals surface area contributed by atoms with E-state index in [2.05, 4.69) is 6.58 Å². The summed E-state index contributed by atoms with van der Waals surface area (Å²) in [6, 6.07) is 0. The fourth-order valence-corrected chi connectivity index (χ4v) is 2.77. The van der Waals surface area contributed by atoms with Crippen molar-refractivity contribution in [2.45, 2.75) is 45.3 Å². The molecule has 0 aromatic carbocycles. The van der Waals surface area contributed by atoms with Crippen molar-refractivity contribution in [1.29, 1.82) is 0 Å². The van der Waals surface area contributed by atoms with E-state index in [-0.39, 0.29) is 23.9 Å². The predicted molar refractivity (Wildman–Crippen MR) is 70.8 cm³/mol. The first kappa shape index (κ1) is 14.7. The minimum absolute atomic E-state index is 0.0133. The number of hydrogen-bond donors (Lipinski definition) is 1. The molecule has 2 aliphatic rings. The molecule has 1 saturated heterocycles. The van der Waals surface area contributed by atoms with Crippen molar-refractivity contribution < 1.29 is 24.2 Å². The molecular formula is C15H18O5. The number of ether oxygens (including phenoxy) is 1. The van der Waals surface area contributed by atoms with Crippen LogP contribution in [0.25, 0.3) is 0 Å². The average molecular weight is 278 g/mol. The van der Waals surface area contributed by atoms with Crippen LogP contribution in [0.2, 0.25) is 0 Å². The van der Waals surface area contributed by atoms with Gasteiger partial charge < -0.3 is 14.6 Å². The summed E-state index contributed by atoms with van der Waals surface area (Å²) >= 11 is 0.